The number of fused-ring (bicyclic) bond motifs is 1. The Hall–Kier alpha value is -3.12. The zero-order chi connectivity index (χ0) is 19.3. The van der Waals surface area contributed by atoms with Gasteiger partial charge in [-0.25, -0.2) is 4.68 Å². The molecule has 6 nitrogen and oxygen atoms in total. The van der Waals surface area contributed by atoms with Gasteiger partial charge in [0, 0.05) is 30.3 Å². The van der Waals surface area contributed by atoms with Crippen LogP contribution in [0.5, 0.6) is 5.75 Å². The SMILES string of the molecule is O=c1cc(OCCCn2nnc3ccccc32)ccn1Cc1ccccc1Cl. The highest BCUT2D eigenvalue weighted by atomic mass is 35.5. The number of pyridine rings is 1. The van der Waals surface area contributed by atoms with Gasteiger partial charge in [0.25, 0.3) is 5.56 Å². The summed E-state index contributed by atoms with van der Waals surface area (Å²) in [5, 5.41) is 8.94. The first-order valence-electron chi connectivity index (χ1n) is 9.05. The first kappa shape index (κ1) is 18.3. The lowest BCUT2D eigenvalue weighted by Gasteiger charge is -2.10. The summed E-state index contributed by atoms with van der Waals surface area (Å²) in [4.78, 5) is 12.3. The number of hydrogen-bond donors (Lipinski definition) is 0. The Balaban J connectivity index is 1.33. The van der Waals surface area contributed by atoms with Crippen LogP contribution in [0, 0.1) is 0 Å². The predicted octanol–water partition coefficient (Wildman–Crippen LogP) is 3.76. The van der Waals surface area contributed by atoms with Gasteiger partial charge in [0.2, 0.25) is 0 Å². The molecule has 0 saturated heterocycles. The van der Waals surface area contributed by atoms with Crippen LogP contribution in [0.1, 0.15) is 12.0 Å². The standard InChI is InChI=1S/C21H19ClN4O2/c22-18-7-2-1-6-16(18)15-25-12-10-17(14-21(25)27)28-13-5-11-26-20-9-4-3-8-19(20)23-24-26/h1-4,6-10,12,14H,5,11,13,15H2. The molecule has 142 valence electrons. The summed E-state index contributed by atoms with van der Waals surface area (Å²) in [6.45, 7) is 1.62. The van der Waals surface area contributed by atoms with E-state index in [2.05, 4.69) is 10.3 Å². The smallest absolute Gasteiger partial charge is 0.254 e. The topological polar surface area (TPSA) is 61.9 Å². The fourth-order valence-electron chi connectivity index (χ4n) is 3.01. The molecule has 4 rings (SSSR count). The van der Waals surface area contributed by atoms with Gasteiger partial charge in [-0.1, -0.05) is 47.1 Å². The highest BCUT2D eigenvalue weighted by molar-refractivity contribution is 6.31. The van der Waals surface area contributed by atoms with Crippen molar-refractivity contribution in [2.45, 2.75) is 19.5 Å². The number of aromatic nitrogens is 4. The van der Waals surface area contributed by atoms with Crippen molar-refractivity contribution >= 4 is 22.6 Å². The molecule has 0 N–H and O–H groups in total. The molecule has 0 saturated carbocycles. The van der Waals surface area contributed by atoms with Crippen molar-refractivity contribution in [2.75, 3.05) is 6.61 Å². The Morgan fingerprint density at radius 3 is 2.71 bits per heavy atom. The predicted molar refractivity (Wildman–Crippen MR) is 109 cm³/mol. The van der Waals surface area contributed by atoms with Crippen LogP contribution in [0.3, 0.4) is 0 Å². The molecule has 0 aliphatic carbocycles. The molecule has 0 atom stereocenters. The fourth-order valence-corrected chi connectivity index (χ4v) is 3.20. The van der Waals surface area contributed by atoms with Gasteiger partial charge in [-0.3, -0.25) is 4.79 Å². The van der Waals surface area contributed by atoms with E-state index >= 15 is 0 Å². The minimum absolute atomic E-state index is 0.125. The molecule has 0 fully saturated rings. The molecule has 0 aliphatic rings. The molecule has 2 heterocycles. The minimum atomic E-state index is -0.125. The summed E-state index contributed by atoms with van der Waals surface area (Å²) in [7, 11) is 0. The van der Waals surface area contributed by atoms with Gasteiger partial charge in [0.15, 0.2) is 0 Å². The van der Waals surface area contributed by atoms with Crippen molar-refractivity contribution in [3.05, 3.63) is 87.8 Å². The van der Waals surface area contributed by atoms with Crippen LogP contribution in [0.4, 0.5) is 0 Å². The van der Waals surface area contributed by atoms with Crippen molar-refractivity contribution in [1.82, 2.24) is 19.6 Å². The van der Waals surface area contributed by atoms with Crippen molar-refractivity contribution in [3.63, 3.8) is 0 Å². The van der Waals surface area contributed by atoms with Crippen molar-refractivity contribution < 1.29 is 4.74 Å². The number of ether oxygens (including phenoxy) is 1. The summed E-state index contributed by atoms with van der Waals surface area (Å²) < 4.78 is 9.19. The molecule has 0 radical (unpaired) electrons. The summed E-state index contributed by atoms with van der Waals surface area (Å²) in [5.41, 5.74) is 2.66. The highest BCUT2D eigenvalue weighted by Gasteiger charge is 2.05. The lowest BCUT2D eigenvalue weighted by atomic mass is 10.2. The normalized spacial score (nSPS) is 11.0. The second kappa shape index (κ2) is 8.27. The Labute approximate surface area is 166 Å². The average Bonchev–Trinajstić information content (AvgIpc) is 3.12. The number of benzene rings is 2. The molecule has 28 heavy (non-hydrogen) atoms. The summed E-state index contributed by atoms with van der Waals surface area (Å²) >= 11 is 6.17. The van der Waals surface area contributed by atoms with Crippen LogP contribution < -0.4 is 10.3 Å². The number of hydrogen-bond acceptors (Lipinski definition) is 4. The van der Waals surface area contributed by atoms with E-state index in [9.17, 15) is 4.79 Å². The summed E-state index contributed by atoms with van der Waals surface area (Å²) in [6, 6.07) is 18.6. The minimum Gasteiger partial charge on any atom is -0.493 e. The van der Waals surface area contributed by atoms with Crippen molar-refractivity contribution in [2.24, 2.45) is 0 Å². The van der Waals surface area contributed by atoms with E-state index in [0.29, 0.717) is 30.5 Å². The zero-order valence-corrected chi connectivity index (χ0v) is 15.9. The van der Waals surface area contributed by atoms with E-state index in [-0.39, 0.29) is 5.56 Å². The van der Waals surface area contributed by atoms with E-state index in [1.165, 1.54) is 6.07 Å². The third-order valence-corrected chi connectivity index (χ3v) is 4.84. The molecule has 4 aromatic rings. The van der Waals surface area contributed by atoms with Gasteiger partial charge in [0.05, 0.1) is 18.7 Å². The van der Waals surface area contributed by atoms with E-state index in [0.717, 1.165) is 23.0 Å². The molecule has 0 aliphatic heterocycles. The first-order valence-corrected chi connectivity index (χ1v) is 9.43. The maximum absolute atomic E-state index is 12.3. The molecule has 2 aromatic heterocycles. The maximum atomic E-state index is 12.3. The number of nitrogens with zero attached hydrogens (tertiary/aromatic N) is 4. The zero-order valence-electron chi connectivity index (χ0n) is 15.2. The molecule has 0 spiro atoms. The van der Waals surface area contributed by atoms with Gasteiger partial charge in [-0.2, -0.15) is 0 Å². The monoisotopic (exact) mass is 394 g/mol. The average molecular weight is 395 g/mol. The van der Waals surface area contributed by atoms with E-state index < -0.39 is 0 Å². The molecular formula is C21H19ClN4O2. The Morgan fingerprint density at radius 2 is 1.86 bits per heavy atom. The van der Waals surface area contributed by atoms with Crippen LogP contribution in [-0.4, -0.2) is 26.2 Å². The molecule has 0 unspecified atom stereocenters. The largest absolute Gasteiger partial charge is 0.493 e. The van der Waals surface area contributed by atoms with E-state index in [1.807, 2.05) is 53.2 Å². The van der Waals surface area contributed by atoms with E-state index in [4.69, 9.17) is 16.3 Å². The Morgan fingerprint density at radius 1 is 1.04 bits per heavy atom. The number of para-hydroxylation sites is 1. The Kier molecular flexibility index (Phi) is 5.39. The Bertz CT molecular complexity index is 1150. The number of halogens is 1. The molecule has 7 heteroatoms. The van der Waals surface area contributed by atoms with Crippen LogP contribution >= 0.6 is 11.6 Å². The molecule has 2 aromatic carbocycles. The third-order valence-electron chi connectivity index (χ3n) is 4.47. The van der Waals surface area contributed by atoms with Crippen LogP contribution in [-0.2, 0) is 13.1 Å². The summed E-state index contributed by atoms with van der Waals surface area (Å²) in [6.07, 6.45) is 2.49. The molecule has 0 bridgehead atoms. The highest BCUT2D eigenvalue weighted by Crippen LogP contribution is 2.16. The van der Waals surface area contributed by atoms with Crippen molar-refractivity contribution in [1.29, 1.82) is 0 Å². The van der Waals surface area contributed by atoms with E-state index in [1.54, 1.807) is 16.8 Å². The quantitative estimate of drug-likeness (QED) is 0.448. The second-order valence-corrected chi connectivity index (χ2v) is 6.83. The lowest BCUT2D eigenvalue weighted by Crippen LogP contribution is -2.19. The number of aryl methyl sites for hydroxylation is 1. The van der Waals surface area contributed by atoms with Gasteiger partial charge in [-0.15, -0.1) is 5.10 Å². The second-order valence-electron chi connectivity index (χ2n) is 6.42. The molecular weight excluding hydrogens is 376 g/mol. The van der Waals surface area contributed by atoms with Crippen LogP contribution in [0.25, 0.3) is 11.0 Å². The third kappa shape index (κ3) is 4.07. The first-order chi connectivity index (χ1) is 13.7. The van der Waals surface area contributed by atoms with Gasteiger partial charge < -0.3 is 9.30 Å². The summed E-state index contributed by atoms with van der Waals surface area (Å²) in [5.74, 6) is 0.559. The molecule has 0 amide bonds. The van der Waals surface area contributed by atoms with Gasteiger partial charge in [-0.05, 0) is 29.8 Å². The maximum Gasteiger partial charge on any atom is 0.254 e. The van der Waals surface area contributed by atoms with Gasteiger partial charge in [0.1, 0.15) is 11.3 Å². The van der Waals surface area contributed by atoms with Crippen LogP contribution in [0.2, 0.25) is 5.02 Å². The lowest BCUT2D eigenvalue weighted by molar-refractivity contribution is 0.298. The fraction of sp³-hybridized carbons (Fsp3) is 0.190. The van der Waals surface area contributed by atoms with Gasteiger partial charge >= 0.3 is 0 Å². The van der Waals surface area contributed by atoms with Crippen LogP contribution in [0.15, 0.2) is 71.7 Å². The van der Waals surface area contributed by atoms with Crippen molar-refractivity contribution in [3.8, 4) is 5.75 Å². The number of rotatable bonds is 7.